The van der Waals surface area contributed by atoms with Crippen LogP contribution < -0.4 is 5.73 Å². The number of imidazole rings is 1. The fourth-order valence-corrected chi connectivity index (χ4v) is 1.30. The third-order valence-corrected chi connectivity index (χ3v) is 2.00. The minimum Gasteiger partial charge on any atom is -0.363 e. The van der Waals surface area contributed by atoms with Crippen LogP contribution in [0.5, 0.6) is 0 Å². The van der Waals surface area contributed by atoms with Gasteiger partial charge < -0.3 is 10.7 Å². The molecule has 6 nitrogen and oxygen atoms in total. The number of H-pyrrole nitrogens is 1. The molecule has 1 amide bonds. The number of hydrogen-bond donors (Lipinski definition) is 2. The first-order valence-corrected chi connectivity index (χ1v) is 4.72. The molecule has 0 spiro atoms. The van der Waals surface area contributed by atoms with E-state index in [2.05, 4.69) is 19.9 Å². The maximum absolute atomic E-state index is 10.9. The van der Waals surface area contributed by atoms with E-state index < -0.39 is 5.91 Å². The maximum atomic E-state index is 10.9. The topological polar surface area (TPSA) is 97.6 Å². The number of aromatic amines is 1. The van der Waals surface area contributed by atoms with Gasteiger partial charge in [0.25, 0.3) is 5.91 Å². The van der Waals surface area contributed by atoms with Crippen molar-refractivity contribution >= 4 is 17.1 Å². The van der Waals surface area contributed by atoms with Gasteiger partial charge in [0.2, 0.25) is 0 Å². The van der Waals surface area contributed by atoms with Crippen LogP contribution in [0.1, 0.15) is 29.8 Å². The maximum Gasteiger partial charge on any atom is 0.284 e. The molecule has 2 heterocycles. The molecule has 0 saturated carbocycles. The average molecular weight is 205 g/mol. The fraction of sp³-hybridized carbons (Fsp3) is 0.333. The summed E-state index contributed by atoms with van der Waals surface area (Å²) in [6.07, 6.45) is 3.39. The van der Waals surface area contributed by atoms with Gasteiger partial charge in [-0.1, -0.05) is 6.92 Å². The normalized spacial score (nSPS) is 10.7. The number of rotatable bonds is 3. The highest BCUT2D eigenvalue weighted by atomic mass is 16.1. The monoisotopic (exact) mass is 205 g/mol. The second-order valence-electron chi connectivity index (χ2n) is 3.22. The first kappa shape index (κ1) is 9.57. The molecule has 0 aliphatic carbocycles. The molecule has 0 fully saturated rings. The number of nitrogens with zero attached hydrogens (tertiary/aromatic N) is 3. The largest absolute Gasteiger partial charge is 0.363 e. The van der Waals surface area contributed by atoms with Crippen molar-refractivity contribution in [2.75, 3.05) is 0 Å². The molecule has 0 bridgehead atoms. The highest BCUT2D eigenvalue weighted by Crippen LogP contribution is 2.08. The number of amides is 1. The van der Waals surface area contributed by atoms with E-state index in [4.69, 9.17) is 5.73 Å². The first-order valence-electron chi connectivity index (χ1n) is 4.72. The molecular weight excluding hydrogens is 194 g/mol. The van der Waals surface area contributed by atoms with E-state index >= 15 is 0 Å². The van der Waals surface area contributed by atoms with Crippen molar-refractivity contribution in [3.8, 4) is 0 Å². The summed E-state index contributed by atoms with van der Waals surface area (Å²) >= 11 is 0. The number of nitrogens with one attached hydrogen (secondary N) is 1. The Hall–Kier alpha value is -1.98. The molecular formula is C9H11N5O. The lowest BCUT2D eigenvalue weighted by molar-refractivity contribution is 0.0991. The van der Waals surface area contributed by atoms with E-state index in [1.807, 2.05) is 6.92 Å². The van der Waals surface area contributed by atoms with Gasteiger partial charge in [-0.15, -0.1) is 0 Å². The second-order valence-corrected chi connectivity index (χ2v) is 3.22. The molecule has 6 heteroatoms. The lowest BCUT2D eigenvalue weighted by Gasteiger charge is -1.94. The van der Waals surface area contributed by atoms with Gasteiger partial charge >= 0.3 is 0 Å². The van der Waals surface area contributed by atoms with E-state index in [-0.39, 0.29) is 5.82 Å². The standard InChI is InChI=1S/C9H11N5O/c1-2-3-6-11-4-5-8(13-6)14-9(12-5)7(10)15/h4H,2-3H2,1H3,(H2,10,15)(H,11,12,13,14). The van der Waals surface area contributed by atoms with Crippen LogP contribution in [-0.2, 0) is 6.42 Å². The average Bonchev–Trinajstić information content (AvgIpc) is 2.61. The highest BCUT2D eigenvalue weighted by Gasteiger charge is 2.09. The van der Waals surface area contributed by atoms with E-state index in [9.17, 15) is 4.79 Å². The van der Waals surface area contributed by atoms with Gasteiger partial charge in [-0.3, -0.25) is 4.79 Å². The van der Waals surface area contributed by atoms with Crippen molar-refractivity contribution in [2.45, 2.75) is 19.8 Å². The summed E-state index contributed by atoms with van der Waals surface area (Å²) in [5.41, 5.74) is 6.21. The predicted molar refractivity (Wildman–Crippen MR) is 54.2 cm³/mol. The van der Waals surface area contributed by atoms with Gasteiger partial charge in [0.05, 0.1) is 6.20 Å². The van der Waals surface area contributed by atoms with E-state index in [1.165, 1.54) is 0 Å². The molecule has 0 aliphatic rings. The molecule has 2 aromatic rings. The Kier molecular flexibility index (Phi) is 2.32. The second kappa shape index (κ2) is 3.64. The lowest BCUT2D eigenvalue weighted by Crippen LogP contribution is -2.12. The summed E-state index contributed by atoms with van der Waals surface area (Å²) in [5.74, 6) is 0.255. The Morgan fingerprint density at radius 3 is 3.00 bits per heavy atom. The van der Waals surface area contributed by atoms with E-state index in [1.54, 1.807) is 6.20 Å². The number of aromatic nitrogens is 4. The van der Waals surface area contributed by atoms with E-state index in [0.29, 0.717) is 11.2 Å². The highest BCUT2D eigenvalue weighted by molar-refractivity contribution is 5.92. The van der Waals surface area contributed by atoms with Crippen molar-refractivity contribution in [1.82, 2.24) is 19.9 Å². The Morgan fingerprint density at radius 1 is 1.53 bits per heavy atom. The van der Waals surface area contributed by atoms with Crippen LogP contribution >= 0.6 is 0 Å². The Bertz CT molecular complexity index is 504. The lowest BCUT2D eigenvalue weighted by atomic mass is 10.3. The number of hydrogen-bond acceptors (Lipinski definition) is 4. The summed E-state index contributed by atoms with van der Waals surface area (Å²) in [6.45, 7) is 2.05. The SMILES string of the molecule is CCCc1ncc2[nH]c(C(N)=O)nc2n1. The van der Waals surface area contributed by atoms with Gasteiger partial charge in [-0.05, 0) is 6.42 Å². The number of nitrogens with two attached hydrogens (primary N) is 1. The third-order valence-electron chi connectivity index (χ3n) is 2.00. The summed E-state index contributed by atoms with van der Waals surface area (Å²) in [4.78, 5) is 25.9. The van der Waals surface area contributed by atoms with Gasteiger partial charge in [0.15, 0.2) is 11.5 Å². The number of primary amides is 1. The fourth-order valence-electron chi connectivity index (χ4n) is 1.30. The molecule has 0 radical (unpaired) electrons. The minimum absolute atomic E-state index is 0.118. The molecule has 3 N–H and O–H groups in total. The van der Waals surface area contributed by atoms with Crippen molar-refractivity contribution in [1.29, 1.82) is 0 Å². The molecule has 0 atom stereocenters. The van der Waals surface area contributed by atoms with Crippen molar-refractivity contribution in [2.24, 2.45) is 5.73 Å². The van der Waals surface area contributed by atoms with Gasteiger partial charge in [-0.25, -0.2) is 15.0 Å². The molecule has 0 aromatic carbocycles. The zero-order chi connectivity index (χ0) is 10.8. The van der Waals surface area contributed by atoms with Crippen LogP contribution in [0.15, 0.2) is 6.20 Å². The smallest absolute Gasteiger partial charge is 0.284 e. The Morgan fingerprint density at radius 2 is 2.33 bits per heavy atom. The van der Waals surface area contributed by atoms with Crippen LogP contribution in [0.25, 0.3) is 11.2 Å². The Labute approximate surface area is 85.9 Å². The van der Waals surface area contributed by atoms with Crippen LogP contribution in [-0.4, -0.2) is 25.8 Å². The summed E-state index contributed by atoms with van der Waals surface area (Å²) in [6, 6.07) is 0. The van der Waals surface area contributed by atoms with Crippen LogP contribution in [0.2, 0.25) is 0 Å². The quantitative estimate of drug-likeness (QED) is 0.757. The minimum atomic E-state index is -0.593. The summed E-state index contributed by atoms with van der Waals surface area (Å²) in [7, 11) is 0. The zero-order valence-electron chi connectivity index (χ0n) is 8.32. The number of aryl methyl sites for hydroxylation is 1. The third kappa shape index (κ3) is 1.78. The van der Waals surface area contributed by atoms with Gasteiger partial charge in [0, 0.05) is 6.42 Å². The number of carbonyl (C=O) groups is 1. The first-order chi connectivity index (χ1) is 7.20. The molecule has 78 valence electrons. The Balaban J connectivity index is 2.47. The van der Waals surface area contributed by atoms with Crippen LogP contribution in [0.3, 0.4) is 0 Å². The van der Waals surface area contributed by atoms with Crippen LogP contribution in [0.4, 0.5) is 0 Å². The summed E-state index contributed by atoms with van der Waals surface area (Å²) in [5, 5.41) is 0. The number of fused-ring (bicyclic) bond motifs is 1. The molecule has 0 aliphatic heterocycles. The van der Waals surface area contributed by atoms with Crippen molar-refractivity contribution in [3.63, 3.8) is 0 Å². The molecule has 0 unspecified atom stereocenters. The predicted octanol–water partition coefficient (Wildman–Crippen LogP) is 0.404. The number of carbonyl (C=O) groups excluding carboxylic acids is 1. The summed E-state index contributed by atoms with van der Waals surface area (Å²) < 4.78 is 0. The molecule has 0 saturated heterocycles. The van der Waals surface area contributed by atoms with Crippen LogP contribution in [0, 0.1) is 0 Å². The van der Waals surface area contributed by atoms with Gasteiger partial charge in [0.1, 0.15) is 11.3 Å². The molecule has 2 aromatic heterocycles. The molecule has 2 rings (SSSR count). The van der Waals surface area contributed by atoms with Gasteiger partial charge in [-0.2, -0.15) is 0 Å². The zero-order valence-corrected chi connectivity index (χ0v) is 8.32. The molecule has 15 heavy (non-hydrogen) atoms. The van der Waals surface area contributed by atoms with Crippen molar-refractivity contribution in [3.05, 3.63) is 17.8 Å². The van der Waals surface area contributed by atoms with E-state index in [0.717, 1.165) is 18.7 Å². The van der Waals surface area contributed by atoms with Crippen molar-refractivity contribution < 1.29 is 4.79 Å².